The molecule has 0 saturated carbocycles. The predicted molar refractivity (Wildman–Crippen MR) is 210 cm³/mol. The Morgan fingerprint density at radius 1 is 0.481 bits per heavy atom. The first-order valence-corrected chi connectivity index (χ1v) is 17.2. The van der Waals surface area contributed by atoms with E-state index in [2.05, 4.69) is 114 Å². The lowest BCUT2D eigenvalue weighted by Crippen LogP contribution is -1.97. The maximum Gasteiger partial charge on any atom is 0.160 e. The topological polar surface area (TPSA) is 67.6 Å². The second-order valence-corrected chi connectivity index (χ2v) is 12.9. The maximum atomic E-state index is 9.58. The molecule has 5 nitrogen and oxygen atoms in total. The van der Waals surface area contributed by atoms with Gasteiger partial charge in [-0.3, -0.25) is 0 Å². The Labute approximate surface area is 299 Å². The highest BCUT2D eigenvalue weighted by Crippen LogP contribution is 2.41. The predicted octanol–water partition coefficient (Wildman–Crippen LogP) is 12.0. The first-order chi connectivity index (χ1) is 25.7. The van der Waals surface area contributed by atoms with Crippen molar-refractivity contribution in [3.05, 3.63) is 175 Å². The molecule has 0 radical (unpaired) electrons. The Morgan fingerprint density at radius 2 is 1.15 bits per heavy atom. The van der Waals surface area contributed by atoms with Crippen molar-refractivity contribution < 1.29 is 4.42 Å². The molecule has 0 bridgehead atoms. The van der Waals surface area contributed by atoms with Gasteiger partial charge in [0, 0.05) is 43.9 Å². The molecule has 0 saturated heterocycles. The van der Waals surface area contributed by atoms with E-state index in [1.165, 1.54) is 11.1 Å². The van der Waals surface area contributed by atoms with E-state index in [0.29, 0.717) is 11.4 Å². The van der Waals surface area contributed by atoms with Gasteiger partial charge in [-0.25, -0.2) is 9.97 Å². The molecule has 0 aliphatic rings. The van der Waals surface area contributed by atoms with Gasteiger partial charge in [0.05, 0.1) is 34.1 Å². The van der Waals surface area contributed by atoms with Gasteiger partial charge < -0.3 is 8.98 Å². The van der Waals surface area contributed by atoms with Gasteiger partial charge >= 0.3 is 0 Å². The number of hydrogen-bond donors (Lipinski definition) is 0. The smallest absolute Gasteiger partial charge is 0.160 e. The Bertz CT molecular complexity index is 3010. The zero-order valence-electron chi connectivity index (χ0n) is 27.9. The van der Waals surface area contributed by atoms with Crippen molar-refractivity contribution in [2.75, 3.05) is 0 Å². The molecule has 0 spiro atoms. The Balaban J connectivity index is 1.17. The number of para-hydroxylation sites is 1. The Hall–Kier alpha value is -7.29. The molecular formula is C47H28N4O. The quantitative estimate of drug-likeness (QED) is 0.184. The fraction of sp³-hybridized carbons (Fsp3) is 0. The van der Waals surface area contributed by atoms with Gasteiger partial charge in [0.25, 0.3) is 0 Å². The van der Waals surface area contributed by atoms with Crippen LogP contribution >= 0.6 is 0 Å². The van der Waals surface area contributed by atoms with Crippen LogP contribution < -0.4 is 0 Å². The molecule has 0 aliphatic carbocycles. The van der Waals surface area contributed by atoms with Crippen LogP contribution in [0.5, 0.6) is 0 Å². The Kier molecular flexibility index (Phi) is 6.80. The number of rotatable bonds is 5. The van der Waals surface area contributed by atoms with E-state index in [4.69, 9.17) is 14.4 Å². The lowest BCUT2D eigenvalue weighted by atomic mass is 10.0. The van der Waals surface area contributed by atoms with Crippen LogP contribution in [-0.2, 0) is 0 Å². The molecule has 0 atom stereocenters. The first kappa shape index (κ1) is 29.6. The molecule has 10 rings (SSSR count). The molecule has 10 aromatic rings. The highest BCUT2D eigenvalue weighted by molar-refractivity contribution is 6.21. The number of benzene rings is 7. The fourth-order valence-corrected chi connectivity index (χ4v) is 7.35. The molecule has 0 aliphatic heterocycles. The molecule has 52 heavy (non-hydrogen) atoms. The average Bonchev–Trinajstić information content (AvgIpc) is 3.77. The normalized spacial score (nSPS) is 11.4. The summed E-state index contributed by atoms with van der Waals surface area (Å²) >= 11 is 0. The van der Waals surface area contributed by atoms with E-state index < -0.39 is 0 Å². The largest absolute Gasteiger partial charge is 0.454 e. The molecule has 0 amide bonds. The van der Waals surface area contributed by atoms with Crippen LogP contribution in [0.2, 0.25) is 0 Å². The number of aromatic nitrogens is 3. The third-order valence-corrected chi connectivity index (χ3v) is 9.85. The minimum absolute atomic E-state index is 0.587. The summed E-state index contributed by atoms with van der Waals surface area (Å²) in [6.45, 7) is 0. The van der Waals surface area contributed by atoms with Crippen LogP contribution in [0.25, 0.3) is 94.5 Å². The molecule has 0 fully saturated rings. The van der Waals surface area contributed by atoms with Crippen molar-refractivity contribution in [2.45, 2.75) is 0 Å². The zero-order chi connectivity index (χ0) is 34.6. The van der Waals surface area contributed by atoms with Gasteiger partial charge in [-0.1, -0.05) is 103 Å². The number of fused-ring (bicyclic) bond motifs is 7. The van der Waals surface area contributed by atoms with Crippen LogP contribution in [0, 0.1) is 11.3 Å². The van der Waals surface area contributed by atoms with Gasteiger partial charge in [-0.05, 0) is 77.9 Å². The summed E-state index contributed by atoms with van der Waals surface area (Å²) in [5.41, 5.74) is 12.1. The second kappa shape index (κ2) is 11.9. The summed E-state index contributed by atoms with van der Waals surface area (Å²) in [5, 5.41) is 14.1. The molecule has 3 heterocycles. The van der Waals surface area contributed by atoms with Gasteiger partial charge in [0.15, 0.2) is 11.4 Å². The molecule has 0 unspecified atom stereocenters. The SMILES string of the molecule is N#Cc1cccc(-c2cc(-c3ccccc3)nc(-c3ccc(-n4c5ccc(-c6ccccc6)cc5c5ccc6c7ccccc7oc6c54)cc3)n2)c1. The van der Waals surface area contributed by atoms with E-state index in [1.54, 1.807) is 6.07 Å². The third-order valence-electron chi connectivity index (χ3n) is 9.85. The van der Waals surface area contributed by atoms with E-state index >= 15 is 0 Å². The number of hydrogen-bond acceptors (Lipinski definition) is 4. The summed E-state index contributed by atoms with van der Waals surface area (Å²) in [5.74, 6) is 0.611. The maximum absolute atomic E-state index is 9.58. The molecule has 242 valence electrons. The lowest BCUT2D eigenvalue weighted by molar-refractivity contribution is 0.671. The highest BCUT2D eigenvalue weighted by atomic mass is 16.3. The summed E-state index contributed by atoms with van der Waals surface area (Å²) < 4.78 is 8.94. The summed E-state index contributed by atoms with van der Waals surface area (Å²) in [7, 11) is 0. The molecular weight excluding hydrogens is 637 g/mol. The molecule has 7 aromatic carbocycles. The number of nitrogens with zero attached hydrogens (tertiary/aromatic N) is 4. The van der Waals surface area contributed by atoms with E-state index in [0.717, 1.165) is 77.5 Å². The Morgan fingerprint density at radius 3 is 1.94 bits per heavy atom. The minimum atomic E-state index is 0.587. The van der Waals surface area contributed by atoms with E-state index in [9.17, 15) is 5.26 Å². The fourth-order valence-electron chi connectivity index (χ4n) is 7.35. The summed E-state index contributed by atoms with van der Waals surface area (Å²) in [6, 6.07) is 60.2. The summed E-state index contributed by atoms with van der Waals surface area (Å²) in [6.07, 6.45) is 0. The zero-order valence-corrected chi connectivity index (χ0v) is 27.9. The van der Waals surface area contributed by atoms with Crippen molar-refractivity contribution in [3.63, 3.8) is 0 Å². The molecule has 0 N–H and O–H groups in total. The number of nitriles is 1. The standard InChI is InChI=1S/C47H28N4O/c48-29-30-10-9-15-35(26-30)42-28-41(32-13-5-2-6-14-32)49-47(50-42)33-18-21-36(22-19-33)51-43-25-20-34(31-11-3-1-4-12-31)27-40(43)38-23-24-39-37-16-7-8-17-44(37)52-46(39)45(38)51/h1-28H. The van der Waals surface area contributed by atoms with Crippen LogP contribution in [0.4, 0.5) is 0 Å². The molecule has 3 aromatic heterocycles. The van der Waals surface area contributed by atoms with E-state index in [1.807, 2.05) is 60.7 Å². The van der Waals surface area contributed by atoms with Crippen LogP contribution in [0.1, 0.15) is 5.56 Å². The average molecular weight is 665 g/mol. The minimum Gasteiger partial charge on any atom is -0.454 e. The first-order valence-electron chi connectivity index (χ1n) is 17.2. The second-order valence-electron chi connectivity index (χ2n) is 12.9. The van der Waals surface area contributed by atoms with Crippen molar-refractivity contribution in [1.29, 1.82) is 5.26 Å². The van der Waals surface area contributed by atoms with Gasteiger partial charge in [-0.2, -0.15) is 5.26 Å². The third kappa shape index (κ3) is 4.86. The monoisotopic (exact) mass is 664 g/mol. The number of furan rings is 1. The lowest BCUT2D eigenvalue weighted by Gasteiger charge is -2.12. The van der Waals surface area contributed by atoms with Gasteiger partial charge in [0.2, 0.25) is 0 Å². The van der Waals surface area contributed by atoms with E-state index in [-0.39, 0.29) is 0 Å². The van der Waals surface area contributed by atoms with Crippen molar-refractivity contribution in [2.24, 2.45) is 0 Å². The van der Waals surface area contributed by atoms with Gasteiger partial charge in [-0.15, -0.1) is 0 Å². The van der Waals surface area contributed by atoms with Crippen LogP contribution in [0.3, 0.4) is 0 Å². The highest BCUT2D eigenvalue weighted by Gasteiger charge is 2.20. The van der Waals surface area contributed by atoms with Gasteiger partial charge in [0.1, 0.15) is 5.58 Å². The summed E-state index contributed by atoms with van der Waals surface area (Å²) in [4.78, 5) is 10.1. The van der Waals surface area contributed by atoms with Crippen LogP contribution in [-0.4, -0.2) is 14.5 Å². The van der Waals surface area contributed by atoms with Crippen molar-refractivity contribution in [3.8, 4) is 56.8 Å². The molecule has 5 heteroatoms. The van der Waals surface area contributed by atoms with Crippen molar-refractivity contribution >= 4 is 43.7 Å². The van der Waals surface area contributed by atoms with Crippen molar-refractivity contribution in [1.82, 2.24) is 14.5 Å². The van der Waals surface area contributed by atoms with Crippen LogP contribution in [0.15, 0.2) is 174 Å².